The first kappa shape index (κ1) is 13.6. The SMILES string of the molecule is Cl.O=C(N[C@@H]1CCCNC1)C1CC(F)(F)C1. The van der Waals surface area contributed by atoms with Crippen LogP contribution in [-0.2, 0) is 4.79 Å². The van der Waals surface area contributed by atoms with E-state index in [1.165, 1.54) is 0 Å². The van der Waals surface area contributed by atoms with Crippen LogP contribution in [0.3, 0.4) is 0 Å². The quantitative estimate of drug-likeness (QED) is 0.781. The Morgan fingerprint density at radius 3 is 2.56 bits per heavy atom. The molecule has 16 heavy (non-hydrogen) atoms. The summed E-state index contributed by atoms with van der Waals surface area (Å²) < 4.78 is 25.1. The maximum Gasteiger partial charge on any atom is 0.249 e. The molecule has 1 saturated heterocycles. The second-order valence-corrected chi connectivity index (χ2v) is 4.51. The molecule has 1 saturated carbocycles. The van der Waals surface area contributed by atoms with Gasteiger partial charge < -0.3 is 10.6 Å². The van der Waals surface area contributed by atoms with Crippen molar-refractivity contribution in [1.29, 1.82) is 0 Å². The lowest BCUT2D eigenvalue weighted by molar-refractivity contribution is -0.150. The van der Waals surface area contributed by atoms with Gasteiger partial charge in [-0.2, -0.15) is 0 Å². The summed E-state index contributed by atoms with van der Waals surface area (Å²) in [5.74, 6) is -3.27. The summed E-state index contributed by atoms with van der Waals surface area (Å²) >= 11 is 0. The van der Waals surface area contributed by atoms with Crippen LogP contribution < -0.4 is 10.6 Å². The van der Waals surface area contributed by atoms with Crippen molar-refractivity contribution in [2.75, 3.05) is 13.1 Å². The number of nitrogens with one attached hydrogen (secondary N) is 2. The van der Waals surface area contributed by atoms with Gasteiger partial charge in [-0.05, 0) is 19.4 Å². The molecule has 1 amide bonds. The van der Waals surface area contributed by atoms with Gasteiger partial charge in [-0.1, -0.05) is 0 Å². The van der Waals surface area contributed by atoms with E-state index in [0.717, 1.165) is 25.9 Å². The average molecular weight is 255 g/mol. The molecule has 0 bridgehead atoms. The standard InChI is InChI=1S/C10H16F2N2O.ClH/c11-10(12)4-7(5-10)9(15)14-8-2-1-3-13-6-8;/h7-8,13H,1-6H2,(H,14,15);1H/t8-;/m1./s1. The summed E-state index contributed by atoms with van der Waals surface area (Å²) in [6.45, 7) is 1.74. The molecule has 0 radical (unpaired) electrons. The summed E-state index contributed by atoms with van der Waals surface area (Å²) in [6, 6.07) is 0.125. The number of carbonyl (C=O) groups is 1. The highest BCUT2D eigenvalue weighted by molar-refractivity contribution is 5.85. The van der Waals surface area contributed by atoms with Crippen molar-refractivity contribution in [3.05, 3.63) is 0 Å². The maximum atomic E-state index is 12.5. The smallest absolute Gasteiger partial charge is 0.249 e. The molecule has 1 aliphatic heterocycles. The highest BCUT2D eigenvalue weighted by Crippen LogP contribution is 2.42. The Hall–Kier alpha value is -0.420. The van der Waals surface area contributed by atoms with E-state index >= 15 is 0 Å². The zero-order valence-corrected chi connectivity index (χ0v) is 9.79. The van der Waals surface area contributed by atoms with Crippen LogP contribution in [0.25, 0.3) is 0 Å². The lowest BCUT2D eigenvalue weighted by Crippen LogP contribution is -2.51. The van der Waals surface area contributed by atoms with E-state index in [9.17, 15) is 13.6 Å². The molecule has 0 unspecified atom stereocenters. The van der Waals surface area contributed by atoms with Crippen molar-refractivity contribution < 1.29 is 13.6 Å². The van der Waals surface area contributed by atoms with Crippen LogP contribution in [0.2, 0.25) is 0 Å². The zero-order chi connectivity index (χ0) is 10.9. The fraction of sp³-hybridized carbons (Fsp3) is 0.900. The van der Waals surface area contributed by atoms with Gasteiger partial charge in [0.2, 0.25) is 11.8 Å². The minimum atomic E-state index is -2.60. The van der Waals surface area contributed by atoms with Crippen molar-refractivity contribution in [3.8, 4) is 0 Å². The number of alkyl halides is 2. The molecule has 0 spiro atoms. The molecule has 94 valence electrons. The van der Waals surface area contributed by atoms with E-state index in [1.54, 1.807) is 0 Å². The molecular weight excluding hydrogens is 238 g/mol. The third-order valence-corrected chi connectivity index (χ3v) is 3.10. The van der Waals surface area contributed by atoms with Gasteiger partial charge in [0, 0.05) is 31.3 Å². The van der Waals surface area contributed by atoms with E-state index in [2.05, 4.69) is 10.6 Å². The molecular formula is C10H17ClF2N2O. The van der Waals surface area contributed by atoms with Gasteiger partial charge in [-0.25, -0.2) is 8.78 Å². The molecule has 3 nitrogen and oxygen atoms in total. The van der Waals surface area contributed by atoms with Crippen LogP contribution in [-0.4, -0.2) is 31.0 Å². The molecule has 0 aromatic rings. The number of halogens is 3. The maximum absolute atomic E-state index is 12.5. The van der Waals surface area contributed by atoms with Crippen molar-refractivity contribution in [1.82, 2.24) is 10.6 Å². The molecule has 1 atom stereocenters. The molecule has 2 rings (SSSR count). The summed E-state index contributed by atoms with van der Waals surface area (Å²) in [7, 11) is 0. The number of rotatable bonds is 2. The Bertz CT molecular complexity index is 249. The molecule has 1 heterocycles. The van der Waals surface area contributed by atoms with Crippen LogP contribution in [0.15, 0.2) is 0 Å². The van der Waals surface area contributed by atoms with Crippen LogP contribution >= 0.6 is 12.4 Å². The van der Waals surface area contributed by atoms with E-state index in [-0.39, 0.29) is 37.2 Å². The third-order valence-electron chi connectivity index (χ3n) is 3.10. The molecule has 2 fully saturated rings. The highest BCUT2D eigenvalue weighted by Gasteiger charge is 2.48. The first-order chi connectivity index (χ1) is 7.07. The molecule has 2 aliphatic rings. The topological polar surface area (TPSA) is 41.1 Å². The number of hydrogen-bond acceptors (Lipinski definition) is 2. The number of hydrogen-bond donors (Lipinski definition) is 2. The third kappa shape index (κ3) is 3.28. The van der Waals surface area contributed by atoms with Crippen molar-refractivity contribution in [2.24, 2.45) is 5.92 Å². The zero-order valence-electron chi connectivity index (χ0n) is 8.97. The van der Waals surface area contributed by atoms with Gasteiger partial charge in [-0.3, -0.25) is 4.79 Å². The predicted octanol–water partition coefficient (Wildman–Crippen LogP) is 1.32. The summed E-state index contributed by atoms with van der Waals surface area (Å²) in [5.41, 5.74) is 0. The summed E-state index contributed by atoms with van der Waals surface area (Å²) in [5, 5.41) is 5.99. The van der Waals surface area contributed by atoms with Gasteiger partial charge in [0.15, 0.2) is 0 Å². The number of amides is 1. The van der Waals surface area contributed by atoms with Gasteiger partial charge >= 0.3 is 0 Å². The Kier molecular flexibility index (Phi) is 4.50. The molecule has 2 N–H and O–H groups in total. The monoisotopic (exact) mass is 254 g/mol. The Morgan fingerprint density at radius 1 is 1.38 bits per heavy atom. The molecule has 0 aromatic carbocycles. The lowest BCUT2D eigenvalue weighted by atomic mass is 9.80. The van der Waals surface area contributed by atoms with E-state index < -0.39 is 11.8 Å². The number of piperidine rings is 1. The normalized spacial score (nSPS) is 28.8. The van der Waals surface area contributed by atoms with E-state index in [0.29, 0.717) is 0 Å². The Morgan fingerprint density at radius 2 is 2.06 bits per heavy atom. The van der Waals surface area contributed by atoms with E-state index in [1.807, 2.05) is 0 Å². The van der Waals surface area contributed by atoms with Crippen molar-refractivity contribution in [2.45, 2.75) is 37.6 Å². The number of carbonyl (C=O) groups excluding carboxylic acids is 1. The first-order valence-electron chi connectivity index (χ1n) is 5.46. The Balaban J connectivity index is 0.00000128. The van der Waals surface area contributed by atoms with Gasteiger partial charge in [0.05, 0.1) is 0 Å². The van der Waals surface area contributed by atoms with Gasteiger partial charge in [-0.15, -0.1) is 12.4 Å². The summed E-state index contributed by atoms with van der Waals surface area (Å²) in [4.78, 5) is 11.5. The highest BCUT2D eigenvalue weighted by atomic mass is 35.5. The first-order valence-corrected chi connectivity index (χ1v) is 5.46. The van der Waals surface area contributed by atoms with Gasteiger partial charge in [0.25, 0.3) is 0 Å². The fourth-order valence-electron chi connectivity index (χ4n) is 2.14. The lowest BCUT2D eigenvalue weighted by Gasteiger charge is -2.35. The van der Waals surface area contributed by atoms with Crippen LogP contribution in [0, 0.1) is 5.92 Å². The Labute approximate surface area is 99.8 Å². The predicted molar refractivity (Wildman–Crippen MR) is 59.0 cm³/mol. The second kappa shape index (κ2) is 5.27. The van der Waals surface area contributed by atoms with Crippen LogP contribution in [0.4, 0.5) is 8.78 Å². The van der Waals surface area contributed by atoms with Crippen molar-refractivity contribution >= 4 is 18.3 Å². The van der Waals surface area contributed by atoms with Gasteiger partial charge in [0.1, 0.15) is 0 Å². The molecule has 0 aromatic heterocycles. The molecule has 1 aliphatic carbocycles. The fourth-order valence-corrected chi connectivity index (χ4v) is 2.14. The minimum Gasteiger partial charge on any atom is -0.352 e. The minimum absolute atomic E-state index is 0. The largest absolute Gasteiger partial charge is 0.352 e. The molecule has 6 heteroatoms. The summed E-state index contributed by atoms with van der Waals surface area (Å²) in [6.07, 6.45) is 1.42. The average Bonchev–Trinajstić information content (AvgIpc) is 2.15. The van der Waals surface area contributed by atoms with E-state index in [4.69, 9.17) is 0 Å². The van der Waals surface area contributed by atoms with Crippen LogP contribution in [0.1, 0.15) is 25.7 Å². The second-order valence-electron chi connectivity index (χ2n) is 4.51. The van der Waals surface area contributed by atoms with Crippen molar-refractivity contribution in [3.63, 3.8) is 0 Å². The van der Waals surface area contributed by atoms with Crippen LogP contribution in [0.5, 0.6) is 0 Å².